The minimum absolute atomic E-state index is 0.880. The SMILES string of the molecule is CCC=N/C=C(\C=N)CC. The van der Waals surface area contributed by atoms with Crippen LogP contribution in [0, 0.1) is 5.41 Å². The Kier molecular flexibility index (Phi) is 5.63. The fourth-order valence-electron chi connectivity index (χ4n) is 0.484. The minimum Gasteiger partial charge on any atom is -0.308 e. The molecule has 0 atom stereocenters. The molecule has 0 aromatic rings. The van der Waals surface area contributed by atoms with Crippen molar-refractivity contribution in [2.75, 3.05) is 0 Å². The summed E-state index contributed by atoms with van der Waals surface area (Å²) in [7, 11) is 0. The van der Waals surface area contributed by atoms with E-state index in [0.29, 0.717) is 0 Å². The van der Waals surface area contributed by atoms with Crippen LogP contribution in [0.5, 0.6) is 0 Å². The van der Waals surface area contributed by atoms with Gasteiger partial charge in [-0.1, -0.05) is 13.8 Å². The second-order valence-electron chi connectivity index (χ2n) is 1.94. The number of rotatable bonds is 4. The van der Waals surface area contributed by atoms with Crippen LogP contribution in [-0.4, -0.2) is 12.4 Å². The van der Waals surface area contributed by atoms with Gasteiger partial charge in [-0.25, -0.2) is 0 Å². The van der Waals surface area contributed by atoms with E-state index in [1.54, 1.807) is 6.20 Å². The molecule has 0 rings (SSSR count). The molecule has 0 spiro atoms. The van der Waals surface area contributed by atoms with Gasteiger partial charge in [0.25, 0.3) is 0 Å². The highest BCUT2D eigenvalue weighted by molar-refractivity contribution is 5.75. The quantitative estimate of drug-likeness (QED) is 0.579. The van der Waals surface area contributed by atoms with Crippen LogP contribution in [-0.2, 0) is 0 Å². The summed E-state index contributed by atoms with van der Waals surface area (Å²) < 4.78 is 0. The Morgan fingerprint density at radius 3 is 2.60 bits per heavy atom. The van der Waals surface area contributed by atoms with E-state index >= 15 is 0 Å². The van der Waals surface area contributed by atoms with Crippen molar-refractivity contribution in [2.45, 2.75) is 26.7 Å². The van der Waals surface area contributed by atoms with E-state index < -0.39 is 0 Å². The fourth-order valence-corrected chi connectivity index (χ4v) is 0.484. The van der Waals surface area contributed by atoms with Crippen LogP contribution in [0.2, 0.25) is 0 Å². The molecule has 2 nitrogen and oxygen atoms in total. The van der Waals surface area contributed by atoms with Crippen LogP contribution in [0.25, 0.3) is 0 Å². The number of allylic oxidation sites excluding steroid dienone is 1. The average molecular weight is 138 g/mol. The van der Waals surface area contributed by atoms with Gasteiger partial charge in [-0.15, -0.1) is 0 Å². The Bertz CT molecular complexity index is 145. The molecule has 0 radical (unpaired) electrons. The lowest BCUT2D eigenvalue weighted by Crippen LogP contribution is -1.78. The van der Waals surface area contributed by atoms with E-state index in [4.69, 9.17) is 5.41 Å². The third kappa shape index (κ3) is 4.01. The molecule has 10 heavy (non-hydrogen) atoms. The molecule has 1 N–H and O–H groups in total. The van der Waals surface area contributed by atoms with E-state index in [2.05, 4.69) is 4.99 Å². The highest BCUT2D eigenvalue weighted by atomic mass is 14.7. The van der Waals surface area contributed by atoms with Gasteiger partial charge in [0.15, 0.2) is 0 Å². The van der Waals surface area contributed by atoms with Gasteiger partial charge in [-0.05, 0) is 18.4 Å². The molecule has 0 aromatic heterocycles. The maximum atomic E-state index is 6.93. The van der Waals surface area contributed by atoms with E-state index in [-0.39, 0.29) is 0 Å². The molecule has 0 unspecified atom stereocenters. The molecule has 0 amide bonds. The number of nitrogens with zero attached hydrogens (tertiary/aromatic N) is 1. The van der Waals surface area contributed by atoms with Crippen molar-refractivity contribution in [3.63, 3.8) is 0 Å². The topological polar surface area (TPSA) is 36.2 Å². The standard InChI is InChI=1S/C8H14N2/c1-3-5-10-7-8(4-2)6-9/h5-7,9H,3-4H2,1-2H3/b8-7-,9-6?,10-5?. The summed E-state index contributed by atoms with van der Waals surface area (Å²) in [5.74, 6) is 0. The second-order valence-corrected chi connectivity index (χ2v) is 1.94. The lowest BCUT2D eigenvalue weighted by molar-refractivity contribution is 1.16. The van der Waals surface area contributed by atoms with E-state index in [1.165, 1.54) is 6.21 Å². The number of nitrogens with one attached hydrogen (secondary N) is 1. The fraction of sp³-hybridized carbons (Fsp3) is 0.500. The Hall–Kier alpha value is -0.920. The zero-order valence-electron chi connectivity index (χ0n) is 6.59. The molecule has 0 bridgehead atoms. The Morgan fingerprint density at radius 1 is 1.50 bits per heavy atom. The first-order chi connectivity index (χ1) is 4.85. The molecule has 0 aliphatic rings. The monoisotopic (exact) mass is 138 g/mol. The van der Waals surface area contributed by atoms with Crippen molar-refractivity contribution < 1.29 is 0 Å². The van der Waals surface area contributed by atoms with Crippen LogP contribution < -0.4 is 0 Å². The molecule has 0 heterocycles. The Balaban J connectivity index is 3.85. The van der Waals surface area contributed by atoms with Gasteiger partial charge in [0.2, 0.25) is 0 Å². The zero-order valence-corrected chi connectivity index (χ0v) is 6.59. The van der Waals surface area contributed by atoms with E-state index in [1.807, 2.05) is 20.1 Å². The smallest absolute Gasteiger partial charge is 0.0310 e. The van der Waals surface area contributed by atoms with Gasteiger partial charge in [0.1, 0.15) is 0 Å². The van der Waals surface area contributed by atoms with Gasteiger partial charge >= 0.3 is 0 Å². The predicted octanol–water partition coefficient (Wildman–Crippen LogP) is 2.41. The Labute approximate surface area is 62.2 Å². The molecule has 56 valence electrons. The number of aliphatic imine (C=N–C) groups is 1. The molecule has 0 aliphatic heterocycles. The highest BCUT2D eigenvalue weighted by Gasteiger charge is 1.82. The largest absolute Gasteiger partial charge is 0.308 e. The van der Waals surface area contributed by atoms with Crippen LogP contribution >= 0.6 is 0 Å². The molecule has 2 heteroatoms. The summed E-state index contributed by atoms with van der Waals surface area (Å²) in [4.78, 5) is 3.99. The summed E-state index contributed by atoms with van der Waals surface area (Å²) in [5.41, 5.74) is 0.963. The first-order valence-electron chi connectivity index (χ1n) is 3.56. The van der Waals surface area contributed by atoms with Gasteiger partial charge in [-0.3, -0.25) is 4.99 Å². The molecular formula is C8H14N2. The summed E-state index contributed by atoms with van der Waals surface area (Å²) in [6, 6.07) is 0. The first kappa shape index (κ1) is 9.08. The Morgan fingerprint density at radius 2 is 2.20 bits per heavy atom. The number of hydrogen-bond donors (Lipinski definition) is 1. The molecule has 0 aromatic carbocycles. The highest BCUT2D eigenvalue weighted by Crippen LogP contribution is 1.94. The van der Waals surface area contributed by atoms with Gasteiger partial charge < -0.3 is 5.41 Å². The van der Waals surface area contributed by atoms with Gasteiger partial charge in [-0.2, -0.15) is 0 Å². The summed E-state index contributed by atoms with van der Waals surface area (Å²) in [6.45, 7) is 4.05. The van der Waals surface area contributed by atoms with Gasteiger partial charge in [0.05, 0.1) is 0 Å². The van der Waals surface area contributed by atoms with Crippen molar-refractivity contribution in [3.05, 3.63) is 11.8 Å². The molecular weight excluding hydrogens is 124 g/mol. The van der Waals surface area contributed by atoms with E-state index in [9.17, 15) is 0 Å². The van der Waals surface area contributed by atoms with Crippen molar-refractivity contribution in [3.8, 4) is 0 Å². The van der Waals surface area contributed by atoms with Crippen LogP contribution in [0.15, 0.2) is 16.8 Å². The molecule has 0 fully saturated rings. The van der Waals surface area contributed by atoms with Crippen molar-refractivity contribution >= 4 is 12.4 Å². The van der Waals surface area contributed by atoms with Crippen LogP contribution in [0.4, 0.5) is 0 Å². The van der Waals surface area contributed by atoms with Crippen molar-refractivity contribution in [1.82, 2.24) is 0 Å². The predicted molar refractivity (Wildman–Crippen MR) is 45.9 cm³/mol. The summed E-state index contributed by atoms with van der Waals surface area (Å²) in [5, 5.41) is 6.93. The van der Waals surface area contributed by atoms with Crippen LogP contribution in [0.1, 0.15) is 26.7 Å². The molecule has 0 saturated carbocycles. The molecule has 0 saturated heterocycles. The van der Waals surface area contributed by atoms with Crippen LogP contribution in [0.3, 0.4) is 0 Å². The molecule has 0 aliphatic carbocycles. The third-order valence-electron chi connectivity index (χ3n) is 1.12. The summed E-state index contributed by atoms with van der Waals surface area (Å²) in [6.07, 6.45) is 6.73. The first-order valence-corrected chi connectivity index (χ1v) is 3.56. The lowest BCUT2D eigenvalue weighted by Gasteiger charge is -1.88. The minimum atomic E-state index is 0.880. The summed E-state index contributed by atoms with van der Waals surface area (Å²) >= 11 is 0. The lowest BCUT2D eigenvalue weighted by atomic mass is 10.2. The zero-order chi connectivity index (χ0) is 7.82. The normalized spacial score (nSPS) is 12.4. The van der Waals surface area contributed by atoms with Crippen molar-refractivity contribution in [1.29, 1.82) is 5.41 Å². The second kappa shape index (κ2) is 6.20. The van der Waals surface area contributed by atoms with Gasteiger partial charge in [0, 0.05) is 18.6 Å². The maximum Gasteiger partial charge on any atom is 0.0310 e. The third-order valence-corrected chi connectivity index (χ3v) is 1.12. The van der Waals surface area contributed by atoms with E-state index in [0.717, 1.165) is 18.4 Å². The average Bonchev–Trinajstić information content (AvgIpc) is 1.99. The number of hydrogen-bond acceptors (Lipinski definition) is 2. The van der Waals surface area contributed by atoms with Crippen molar-refractivity contribution in [2.24, 2.45) is 4.99 Å². The maximum absolute atomic E-state index is 6.93.